The average molecular weight is 517 g/mol. The number of carbonyl (C=O) groups is 2. The largest absolute Gasteiger partial charge is 0.403 e. The Morgan fingerprint density at radius 1 is 1.11 bits per heavy atom. The highest BCUT2D eigenvalue weighted by Gasteiger charge is 2.28. The van der Waals surface area contributed by atoms with Gasteiger partial charge in [0.25, 0.3) is 0 Å². The van der Waals surface area contributed by atoms with Gasteiger partial charge >= 0.3 is 5.97 Å². The lowest BCUT2D eigenvalue weighted by atomic mass is 10.0. The minimum Gasteiger partial charge on any atom is -0.403 e. The number of ether oxygens (including phenoxy) is 1. The number of nitrogens with zero attached hydrogens (tertiary/aromatic N) is 6. The molecule has 0 bridgehead atoms. The van der Waals surface area contributed by atoms with Crippen molar-refractivity contribution in [2.45, 2.75) is 18.4 Å². The molecule has 4 rings (SSSR count). The van der Waals surface area contributed by atoms with Crippen molar-refractivity contribution in [2.75, 3.05) is 6.26 Å². The Balaban J connectivity index is 1.75. The summed E-state index contributed by atoms with van der Waals surface area (Å²) in [6.07, 6.45) is 7.03. The van der Waals surface area contributed by atoms with Crippen LogP contribution in [0.3, 0.4) is 0 Å². The van der Waals surface area contributed by atoms with Gasteiger partial charge in [0, 0.05) is 50.1 Å². The normalized spacial score (nSPS) is 11.6. The molecule has 0 unspecified atom stereocenters. The molecule has 0 atom stereocenters. The molecule has 0 aliphatic heterocycles. The van der Waals surface area contributed by atoms with Crippen LogP contribution in [-0.4, -0.2) is 55.8 Å². The van der Waals surface area contributed by atoms with Crippen LogP contribution in [0.15, 0.2) is 47.9 Å². The van der Waals surface area contributed by atoms with Gasteiger partial charge in [-0.2, -0.15) is 15.3 Å². The lowest BCUT2D eigenvalue weighted by molar-refractivity contribution is 0.0717. The summed E-state index contributed by atoms with van der Waals surface area (Å²) in [7, 11) is -0.456. The lowest BCUT2D eigenvalue weighted by Gasteiger charge is -2.14. The molecular weight excluding hydrogens is 496 g/mol. The van der Waals surface area contributed by atoms with Gasteiger partial charge in [-0.3, -0.25) is 14.2 Å². The second kappa shape index (κ2) is 9.12. The van der Waals surface area contributed by atoms with Crippen molar-refractivity contribution < 1.29 is 22.7 Å². The van der Waals surface area contributed by atoms with Crippen molar-refractivity contribution in [1.29, 1.82) is 0 Å². The minimum atomic E-state index is -3.65. The predicted molar refractivity (Wildman–Crippen MR) is 125 cm³/mol. The minimum absolute atomic E-state index is 0.0126. The number of ketones is 1. The molecule has 182 valence electrons. The number of rotatable bonds is 7. The molecule has 4 aromatic rings. The SMILES string of the molecule is Cc1nn(C)cc1C(=O)Oc1c(C(=O)c2ccc(S(C)(=O)=O)c(Cn3cccn3)c2Cl)cnn1C. The lowest BCUT2D eigenvalue weighted by Crippen LogP contribution is -2.15. The summed E-state index contributed by atoms with van der Waals surface area (Å²) < 4.78 is 34.5. The van der Waals surface area contributed by atoms with Crippen molar-refractivity contribution in [1.82, 2.24) is 29.3 Å². The van der Waals surface area contributed by atoms with E-state index in [9.17, 15) is 18.0 Å². The standard InChI is InChI=1S/C22H21ClN6O5S/c1-13-16(11-27(2)26-13)22(31)34-21-15(10-25-28(21)3)20(30)14-6-7-18(35(4,32)33)17(19(14)23)12-29-9-5-8-24-29/h5-11H,12H2,1-4H3. The van der Waals surface area contributed by atoms with Gasteiger partial charge in [0.1, 0.15) is 11.1 Å². The fourth-order valence-corrected chi connectivity index (χ4v) is 4.92. The van der Waals surface area contributed by atoms with Crippen LogP contribution >= 0.6 is 11.6 Å². The summed E-state index contributed by atoms with van der Waals surface area (Å²) in [4.78, 5) is 26.2. The van der Waals surface area contributed by atoms with E-state index in [4.69, 9.17) is 16.3 Å². The molecule has 0 saturated carbocycles. The number of aromatic nitrogens is 6. The highest BCUT2D eigenvalue weighted by Crippen LogP contribution is 2.32. The molecule has 0 saturated heterocycles. The van der Waals surface area contributed by atoms with Crippen molar-refractivity contribution in [2.24, 2.45) is 14.1 Å². The maximum absolute atomic E-state index is 13.5. The summed E-state index contributed by atoms with van der Waals surface area (Å²) >= 11 is 6.59. The molecule has 0 radical (unpaired) electrons. The molecule has 1 aromatic carbocycles. The van der Waals surface area contributed by atoms with E-state index in [1.165, 1.54) is 45.6 Å². The van der Waals surface area contributed by atoms with Gasteiger partial charge in [-0.15, -0.1) is 0 Å². The number of halogens is 1. The Hall–Kier alpha value is -3.77. The van der Waals surface area contributed by atoms with Gasteiger partial charge < -0.3 is 4.74 Å². The fraction of sp³-hybridized carbons (Fsp3) is 0.227. The topological polar surface area (TPSA) is 131 Å². The van der Waals surface area contributed by atoms with Crippen molar-refractivity contribution in [3.63, 3.8) is 0 Å². The van der Waals surface area contributed by atoms with Crippen LogP contribution in [0.25, 0.3) is 0 Å². The molecule has 11 nitrogen and oxygen atoms in total. The number of carbonyl (C=O) groups excluding carboxylic acids is 2. The van der Waals surface area contributed by atoms with Gasteiger partial charge in [0.15, 0.2) is 9.84 Å². The van der Waals surface area contributed by atoms with E-state index < -0.39 is 21.6 Å². The maximum Gasteiger partial charge on any atom is 0.348 e. The van der Waals surface area contributed by atoms with Gasteiger partial charge in [-0.05, 0) is 25.1 Å². The van der Waals surface area contributed by atoms with Gasteiger partial charge in [-0.1, -0.05) is 11.6 Å². The first-order chi connectivity index (χ1) is 16.5. The second-order valence-corrected chi connectivity index (χ2v) is 10.2. The summed E-state index contributed by atoms with van der Waals surface area (Å²) in [5, 5.41) is 12.2. The molecule has 35 heavy (non-hydrogen) atoms. The van der Waals surface area contributed by atoms with Crippen LogP contribution in [0.1, 0.15) is 37.5 Å². The number of hydrogen-bond donors (Lipinski definition) is 0. The number of benzene rings is 1. The number of hydrogen-bond acceptors (Lipinski definition) is 8. The van der Waals surface area contributed by atoms with Crippen LogP contribution in [-0.2, 0) is 30.5 Å². The van der Waals surface area contributed by atoms with Crippen LogP contribution in [0.2, 0.25) is 5.02 Å². The maximum atomic E-state index is 13.5. The zero-order valence-corrected chi connectivity index (χ0v) is 20.8. The fourth-order valence-electron chi connectivity index (χ4n) is 3.62. The summed E-state index contributed by atoms with van der Waals surface area (Å²) in [5.41, 5.74) is 0.946. The van der Waals surface area contributed by atoms with E-state index >= 15 is 0 Å². The summed E-state index contributed by atoms with van der Waals surface area (Å²) in [6, 6.07) is 4.34. The average Bonchev–Trinajstić information content (AvgIpc) is 3.49. The molecule has 0 aliphatic carbocycles. The molecule has 0 spiro atoms. The Morgan fingerprint density at radius 2 is 1.86 bits per heavy atom. The Labute approximate surface area is 205 Å². The summed E-state index contributed by atoms with van der Waals surface area (Å²) in [5.74, 6) is -1.37. The number of esters is 1. The van der Waals surface area contributed by atoms with E-state index in [1.807, 2.05) is 0 Å². The van der Waals surface area contributed by atoms with Crippen LogP contribution in [0.4, 0.5) is 0 Å². The van der Waals surface area contributed by atoms with Crippen molar-refractivity contribution in [3.05, 3.63) is 76.0 Å². The molecule has 0 aliphatic rings. The Bertz CT molecular complexity index is 1550. The third-order valence-corrected chi connectivity index (χ3v) is 6.89. The zero-order chi connectivity index (χ0) is 25.5. The van der Waals surface area contributed by atoms with Gasteiger partial charge in [-0.25, -0.2) is 17.9 Å². The Morgan fingerprint density at radius 3 is 2.46 bits per heavy atom. The van der Waals surface area contributed by atoms with Gasteiger partial charge in [0.05, 0.1) is 28.4 Å². The molecular formula is C22H21ClN6O5S. The first-order valence-corrected chi connectivity index (χ1v) is 12.5. The highest BCUT2D eigenvalue weighted by molar-refractivity contribution is 7.90. The molecule has 3 heterocycles. The molecule has 0 N–H and O–H groups in total. The third kappa shape index (κ3) is 4.75. The number of sulfone groups is 1. The van der Waals surface area contributed by atoms with Crippen molar-refractivity contribution >= 4 is 33.2 Å². The van der Waals surface area contributed by atoms with E-state index in [2.05, 4.69) is 15.3 Å². The number of aryl methyl sites for hydroxylation is 3. The van der Waals surface area contributed by atoms with Gasteiger partial charge in [0.2, 0.25) is 11.7 Å². The first-order valence-electron chi connectivity index (χ1n) is 10.3. The monoisotopic (exact) mass is 516 g/mol. The Kier molecular flexibility index (Phi) is 6.34. The third-order valence-electron chi connectivity index (χ3n) is 5.28. The summed E-state index contributed by atoms with van der Waals surface area (Å²) in [6.45, 7) is 1.70. The van der Waals surface area contributed by atoms with E-state index in [1.54, 1.807) is 32.4 Å². The van der Waals surface area contributed by atoms with Crippen molar-refractivity contribution in [3.8, 4) is 5.88 Å². The highest BCUT2D eigenvalue weighted by atomic mass is 35.5. The quantitative estimate of drug-likeness (QED) is 0.270. The molecule has 13 heteroatoms. The molecule has 3 aromatic heterocycles. The van der Waals surface area contributed by atoms with Crippen LogP contribution in [0.5, 0.6) is 5.88 Å². The predicted octanol–water partition coefficient (Wildman–Crippen LogP) is 2.21. The second-order valence-electron chi connectivity index (χ2n) is 7.89. The van der Waals surface area contributed by atoms with Crippen LogP contribution < -0.4 is 4.74 Å². The van der Waals surface area contributed by atoms with E-state index in [-0.39, 0.29) is 44.6 Å². The first kappa shape index (κ1) is 24.4. The van der Waals surface area contributed by atoms with Crippen LogP contribution in [0, 0.1) is 6.92 Å². The zero-order valence-electron chi connectivity index (χ0n) is 19.3. The van der Waals surface area contributed by atoms with E-state index in [0.717, 1.165) is 6.26 Å². The van der Waals surface area contributed by atoms with E-state index in [0.29, 0.717) is 5.69 Å². The smallest absolute Gasteiger partial charge is 0.348 e. The molecule has 0 fully saturated rings. The molecule has 0 amide bonds.